The number of anilines is 2. The second-order valence-electron chi connectivity index (χ2n) is 4.33. The second kappa shape index (κ2) is 7.59. The first-order valence-corrected chi connectivity index (χ1v) is 7.76. The predicted octanol–water partition coefficient (Wildman–Crippen LogP) is 3.47. The van der Waals surface area contributed by atoms with Gasteiger partial charge in [-0.15, -0.1) is 11.8 Å². The molecule has 2 aromatic carbocycles. The number of carbonyl (C=O) groups excluding carboxylic acids is 1. The first kappa shape index (κ1) is 15.3. The molecule has 110 valence electrons. The molecule has 21 heavy (non-hydrogen) atoms. The number of ether oxygens (including phenoxy) is 1. The van der Waals surface area contributed by atoms with Crippen molar-refractivity contribution in [1.82, 2.24) is 0 Å². The number of hydrogen-bond acceptors (Lipinski definition) is 4. The van der Waals surface area contributed by atoms with Crippen molar-refractivity contribution in [1.29, 1.82) is 0 Å². The lowest BCUT2D eigenvalue weighted by molar-refractivity contribution is -0.114. The Bertz CT molecular complexity index is 617. The number of thioether (sulfide) groups is 1. The number of hydrogen-bond donors (Lipinski definition) is 2. The molecule has 0 fully saturated rings. The van der Waals surface area contributed by atoms with Crippen LogP contribution < -0.4 is 15.4 Å². The molecule has 0 heterocycles. The number of benzene rings is 2. The molecule has 0 unspecified atom stereocenters. The average Bonchev–Trinajstić information content (AvgIpc) is 2.53. The van der Waals surface area contributed by atoms with Crippen LogP contribution in [0.4, 0.5) is 11.4 Å². The van der Waals surface area contributed by atoms with Crippen LogP contribution in [0.2, 0.25) is 0 Å². The molecular weight excluding hydrogens is 284 g/mol. The third-order valence-corrected chi connectivity index (χ3v) is 3.70. The molecule has 0 saturated heterocycles. The van der Waals surface area contributed by atoms with Crippen LogP contribution in [-0.2, 0) is 4.79 Å². The van der Waals surface area contributed by atoms with Gasteiger partial charge in [0.1, 0.15) is 5.75 Å². The molecule has 0 spiro atoms. The van der Waals surface area contributed by atoms with Crippen LogP contribution in [0, 0.1) is 0 Å². The summed E-state index contributed by atoms with van der Waals surface area (Å²) in [6.45, 7) is 0.217. The molecule has 5 heteroatoms. The van der Waals surface area contributed by atoms with Crippen molar-refractivity contribution in [2.75, 3.05) is 30.5 Å². The van der Waals surface area contributed by atoms with Gasteiger partial charge < -0.3 is 15.4 Å². The van der Waals surface area contributed by atoms with Gasteiger partial charge in [-0.3, -0.25) is 4.79 Å². The quantitative estimate of drug-likeness (QED) is 0.802. The fourth-order valence-corrected chi connectivity index (χ4v) is 2.45. The zero-order valence-electron chi connectivity index (χ0n) is 12.1. The maximum absolute atomic E-state index is 12.0. The highest BCUT2D eigenvalue weighted by molar-refractivity contribution is 7.98. The minimum atomic E-state index is -0.0980. The fourth-order valence-electron chi connectivity index (χ4n) is 1.87. The largest absolute Gasteiger partial charge is 0.497 e. The van der Waals surface area contributed by atoms with Gasteiger partial charge in [-0.1, -0.05) is 18.2 Å². The number of rotatable bonds is 6. The summed E-state index contributed by atoms with van der Waals surface area (Å²) in [5.41, 5.74) is 1.69. The summed E-state index contributed by atoms with van der Waals surface area (Å²) >= 11 is 1.65. The number of para-hydroxylation sites is 1. The molecule has 0 aliphatic rings. The third kappa shape index (κ3) is 4.43. The van der Waals surface area contributed by atoms with Crippen LogP contribution in [-0.4, -0.2) is 25.8 Å². The molecule has 0 aliphatic heterocycles. The number of methoxy groups -OCH3 is 1. The van der Waals surface area contributed by atoms with E-state index in [1.165, 1.54) is 0 Å². The Kier molecular flexibility index (Phi) is 5.51. The zero-order valence-corrected chi connectivity index (χ0v) is 12.9. The fraction of sp³-hybridized carbons (Fsp3) is 0.188. The molecule has 2 N–H and O–H groups in total. The summed E-state index contributed by atoms with van der Waals surface area (Å²) in [6, 6.07) is 15.2. The van der Waals surface area contributed by atoms with E-state index in [1.807, 2.05) is 48.7 Å². The van der Waals surface area contributed by atoms with Gasteiger partial charge in [0.2, 0.25) is 5.91 Å². The predicted molar refractivity (Wildman–Crippen MR) is 88.3 cm³/mol. The molecule has 4 nitrogen and oxygen atoms in total. The highest BCUT2D eigenvalue weighted by Crippen LogP contribution is 2.24. The lowest BCUT2D eigenvalue weighted by atomic mass is 10.3. The van der Waals surface area contributed by atoms with Crippen molar-refractivity contribution in [2.24, 2.45) is 0 Å². The van der Waals surface area contributed by atoms with Gasteiger partial charge >= 0.3 is 0 Å². The van der Waals surface area contributed by atoms with Crippen LogP contribution in [0.3, 0.4) is 0 Å². The van der Waals surface area contributed by atoms with Crippen molar-refractivity contribution in [3.63, 3.8) is 0 Å². The van der Waals surface area contributed by atoms with Gasteiger partial charge in [-0.25, -0.2) is 0 Å². The Morgan fingerprint density at radius 2 is 2.00 bits per heavy atom. The van der Waals surface area contributed by atoms with Gasteiger partial charge in [-0.05, 0) is 30.5 Å². The van der Waals surface area contributed by atoms with Crippen LogP contribution in [0.5, 0.6) is 5.75 Å². The highest BCUT2D eigenvalue weighted by Gasteiger charge is 2.05. The number of amides is 1. The first-order valence-electron chi connectivity index (χ1n) is 6.53. The summed E-state index contributed by atoms with van der Waals surface area (Å²) in [6.07, 6.45) is 2.01. The van der Waals surface area contributed by atoms with Gasteiger partial charge in [0.15, 0.2) is 0 Å². The van der Waals surface area contributed by atoms with Gasteiger partial charge in [-0.2, -0.15) is 0 Å². The lowest BCUT2D eigenvalue weighted by Crippen LogP contribution is -2.21. The summed E-state index contributed by atoms with van der Waals surface area (Å²) in [7, 11) is 1.60. The Hall–Kier alpha value is -2.14. The maximum Gasteiger partial charge on any atom is 0.243 e. The summed E-state index contributed by atoms with van der Waals surface area (Å²) in [5, 5.41) is 5.98. The highest BCUT2D eigenvalue weighted by atomic mass is 32.2. The molecular formula is C16H18N2O2S. The van der Waals surface area contributed by atoms with Crippen LogP contribution in [0.25, 0.3) is 0 Å². The maximum atomic E-state index is 12.0. The average molecular weight is 302 g/mol. The van der Waals surface area contributed by atoms with E-state index >= 15 is 0 Å². The molecule has 0 aliphatic carbocycles. The molecule has 1 amide bonds. The minimum absolute atomic E-state index is 0.0980. The van der Waals surface area contributed by atoms with E-state index in [4.69, 9.17) is 4.74 Å². The van der Waals surface area contributed by atoms with Gasteiger partial charge in [0.25, 0.3) is 0 Å². The van der Waals surface area contributed by atoms with Crippen molar-refractivity contribution < 1.29 is 9.53 Å². The molecule has 0 bridgehead atoms. The Balaban J connectivity index is 1.92. The Labute approximate surface area is 128 Å². The summed E-state index contributed by atoms with van der Waals surface area (Å²) in [4.78, 5) is 13.1. The van der Waals surface area contributed by atoms with E-state index in [-0.39, 0.29) is 12.5 Å². The monoisotopic (exact) mass is 302 g/mol. The van der Waals surface area contributed by atoms with Crippen LogP contribution in [0.15, 0.2) is 53.4 Å². The third-order valence-electron chi connectivity index (χ3n) is 2.90. The van der Waals surface area contributed by atoms with Crippen molar-refractivity contribution >= 4 is 29.0 Å². The SMILES string of the molecule is COc1cccc(NC(=O)CNc2ccccc2SC)c1. The number of nitrogens with one attached hydrogen (secondary N) is 2. The zero-order chi connectivity index (χ0) is 15.1. The van der Waals surface area contributed by atoms with E-state index in [2.05, 4.69) is 10.6 Å². The number of carbonyl (C=O) groups is 1. The minimum Gasteiger partial charge on any atom is -0.497 e. The van der Waals surface area contributed by atoms with Crippen molar-refractivity contribution in [3.8, 4) is 5.75 Å². The van der Waals surface area contributed by atoms with Crippen LogP contribution >= 0.6 is 11.8 Å². The van der Waals surface area contributed by atoms with Gasteiger partial charge in [0.05, 0.1) is 13.7 Å². The van der Waals surface area contributed by atoms with E-state index < -0.39 is 0 Å². The molecule has 0 saturated carbocycles. The topological polar surface area (TPSA) is 50.4 Å². The van der Waals surface area contributed by atoms with E-state index in [0.29, 0.717) is 5.75 Å². The molecule has 0 atom stereocenters. The summed E-state index contributed by atoms with van der Waals surface area (Å²) < 4.78 is 5.13. The van der Waals surface area contributed by atoms with E-state index in [0.717, 1.165) is 16.3 Å². The van der Waals surface area contributed by atoms with E-state index in [9.17, 15) is 4.79 Å². The van der Waals surface area contributed by atoms with E-state index in [1.54, 1.807) is 24.9 Å². The van der Waals surface area contributed by atoms with Crippen LogP contribution in [0.1, 0.15) is 0 Å². The molecule has 2 aromatic rings. The van der Waals surface area contributed by atoms with Crippen molar-refractivity contribution in [3.05, 3.63) is 48.5 Å². The second-order valence-corrected chi connectivity index (χ2v) is 5.18. The smallest absolute Gasteiger partial charge is 0.243 e. The Morgan fingerprint density at radius 3 is 2.76 bits per heavy atom. The first-order chi connectivity index (χ1) is 10.2. The lowest BCUT2D eigenvalue weighted by Gasteiger charge is -2.11. The molecule has 0 aromatic heterocycles. The molecule has 0 radical (unpaired) electrons. The summed E-state index contributed by atoms with van der Waals surface area (Å²) in [5.74, 6) is 0.618. The van der Waals surface area contributed by atoms with Gasteiger partial charge in [0, 0.05) is 22.3 Å². The molecule has 2 rings (SSSR count). The normalized spacial score (nSPS) is 10.0. The Morgan fingerprint density at radius 1 is 1.19 bits per heavy atom. The standard InChI is InChI=1S/C16H18N2O2S/c1-20-13-7-5-6-12(10-13)18-16(19)11-17-14-8-3-4-9-15(14)21-2/h3-10,17H,11H2,1-2H3,(H,18,19). The van der Waals surface area contributed by atoms with Crippen molar-refractivity contribution in [2.45, 2.75) is 4.90 Å².